The van der Waals surface area contributed by atoms with E-state index in [0.717, 1.165) is 28.2 Å². The Morgan fingerprint density at radius 1 is 1.02 bits per heavy atom. The number of hydrazone groups is 1. The Hall–Kier alpha value is -3.92. The van der Waals surface area contributed by atoms with Crippen molar-refractivity contribution in [2.75, 3.05) is 20.2 Å². The van der Waals surface area contributed by atoms with Gasteiger partial charge in [0.1, 0.15) is 5.75 Å². The van der Waals surface area contributed by atoms with Crippen molar-refractivity contribution in [3.8, 4) is 11.4 Å². The Labute approximate surface area is 239 Å². The molecule has 0 saturated heterocycles. The number of methoxy groups -OCH3 is 1. The van der Waals surface area contributed by atoms with Crippen molar-refractivity contribution >= 4 is 33.7 Å². The first-order valence-corrected chi connectivity index (χ1v) is 14.5. The van der Waals surface area contributed by atoms with Crippen LogP contribution < -0.4 is 10.2 Å². The second-order valence-electron chi connectivity index (χ2n) is 9.18. The van der Waals surface area contributed by atoms with Gasteiger partial charge in [-0.25, -0.2) is 13.8 Å². The number of amides is 1. The lowest BCUT2D eigenvalue weighted by molar-refractivity contribution is -0.121. The standard InChI is InChI=1S/C30H31ClN4O4S/c1-22-19-25(23(2)35(22)27-11-9-26(31)10-12-27)20-32-33-30(36)21-34(18-17-24-7-5-4-6-8-24)40(37,38)29-15-13-28(39-3)14-16-29/h4-16,19-20H,17-18,21H2,1-3H3,(H,33,36)/b32-20+. The molecule has 0 radical (unpaired) electrons. The number of benzene rings is 3. The molecule has 0 bridgehead atoms. The molecule has 8 nitrogen and oxygen atoms in total. The SMILES string of the molecule is COc1ccc(S(=O)(=O)N(CCc2ccccc2)CC(=O)N/N=C/c2cc(C)n(-c3ccc(Cl)cc3)c2C)cc1. The van der Waals surface area contributed by atoms with Gasteiger partial charge >= 0.3 is 0 Å². The van der Waals surface area contributed by atoms with Gasteiger partial charge in [0.05, 0.1) is 24.8 Å². The summed E-state index contributed by atoms with van der Waals surface area (Å²) >= 11 is 6.03. The van der Waals surface area contributed by atoms with Gasteiger partial charge in [-0.1, -0.05) is 41.9 Å². The van der Waals surface area contributed by atoms with Gasteiger partial charge in [-0.2, -0.15) is 9.41 Å². The molecule has 0 atom stereocenters. The van der Waals surface area contributed by atoms with E-state index in [-0.39, 0.29) is 18.0 Å². The molecule has 4 aromatic rings. The molecule has 0 aliphatic carbocycles. The van der Waals surface area contributed by atoms with Crippen LogP contribution in [0.5, 0.6) is 5.75 Å². The van der Waals surface area contributed by atoms with E-state index < -0.39 is 15.9 Å². The highest BCUT2D eigenvalue weighted by Crippen LogP contribution is 2.22. The summed E-state index contributed by atoms with van der Waals surface area (Å²) in [6.07, 6.45) is 2.00. The molecule has 40 heavy (non-hydrogen) atoms. The van der Waals surface area contributed by atoms with Gasteiger partial charge in [-0.05, 0) is 80.4 Å². The highest BCUT2D eigenvalue weighted by molar-refractivity contribution is 7.89. The molecular weight excluding hydrogens is 548 g/mol. The highest BCUT2D eigenvalue weighted by Gasteiger charge is 2.26. The molecule has 0 spiro atoms. The Morgan fingerprint density at radius 3 is 2.35 bits per heavy atom. The van der Waals surface area contributed by atoms with Crippen LogP contribution in [0.3, 0.4) is 0 Å². The van der Waals surface area contributed by atoms with Gasteiger partial charge < -0.3 is 9.30 Å². The topological polar surface area (TPSA) is 93.0 Å². The first-order chi connectivity index (χ1) is 19.2. The number of nitrogens with one attached hydrogen (secondary N) is 1. The van der Waals surface area contributed by atoms with E-state index in [9.17, 15) is 13.2 Å². The fourth-order valence-electron chi connectivity index (χ4n) is 4.35. The summed E-state index contributed by atoms with van der Waals surface area (Å²) in [5.74, 6) is -0.00908. The normalized spacial score (nSPS) is 11.7. The van der Waals surface area contributed by atoms with Gasteiger partial charge in [0.25, 0.3) is 5.91 Å². The summed E-state index contributed by atoms with van der Waals surface area (Å²) in [5, 5.41) is 4.77. The van der Waals surface area contributed by atoms with E-state index in [1.54, 1.807) is 18.3 Å². The summed E-state index contributed by atoms with van der Waals surface area (Å²) in [6.45, 7) is 3.67. The zero-order chi connectivity index (χ0) is 28.7. The minimum atomic E-state index is -3.96. The van der Waals surface area contributed by atoms with Crippen LogP contribution >= 0.6 is 11.6 Å². The van der Waals surface area contributed by atoms with Gasteiger partial charge in [0, 0.05) is 34.2 Å². The lowest BCUT2D eigenvalue weighted by atomic mass is 10.1. The predicted octanol–water partition coefficient (Wildman–Crippen LogP) is 5.14. The van der Waals surface area contributed by atoms with Crippen LogP contribution in [-0.4, -0.2) is 49.6 Å². The lowest BCUT2D eigenvalue weighted by Crippen LogP contribution is -2.40. The molecule has 1 amide bonds. The first kappa shape index (κ1) is 29.1. The zero-order valence-corrected chi connectivity index (χ0v) is 24.1. The smallest absolute Gasteiger partial charge is 0.255 e. The second kappa shape index (κ2) is 13.0. The van der Waals surface area contributed by atoms with Crippen LogP contribution in [0.4, 0.5) is 0 Å². The third kappa shape index (κ3) is 6.98. The summed E-state index contributed by atoms with van der Waals surface area (Å²) in [4.78, 5) is 13.0. The molecule has 0 saturated carbocycles. The number of sulfonamides is 1. The van der Waals surface area contributed by atoms with Crippen molar-refractivity contribution in [1.82, 2.24) is 14.3 Å². The summed E-state index contributed by atoms with van der Waals surface area (Å²) < 4.78 is 35.3. The third-order valence-electron chi connectivity index (χ3n) is 6.46. The Balaban J connectivity index is 1.49. The monoisotopic (exact) mass is 578 g/mol. The third-order valence-corrected chi connectivity index (χ3v) is 8.57. The maximum absolute atomic E-state index is 13.5. The molecule has 1 N–H and O–H groups in total. The number of ether oxygens (including phenoxy) is 1. The van der Waals surface area contributed by atoms with Crippen LogP contribution in [0.2, 0.25) is 5.02 Å². The minimum Gasteiger partial charge on any atom is -0.497 e. The van der Waals surface area contributed by atoms with Crippen LogP contribution in [0.25, 0.3) is 5.69 Å². The quantitative estimate of drug-likeness (QED) is 0.197. The maximum atomic E-state index is 13.5. The van der Waals surface area contributed by atoms with Crippen LogP contribution in [0.15, 0.2) is 94.9 Å². The van der Waals surface area contributed by atoms with E-state index in [4.69, 9.17) is 16.3 Å². The molecule has 1 heterocycles. The van der Waals surface area contributed by atoms with Crippen molar-refractivity contribution in [3.05, 3.63) is 112 Å². The van der Waals surface area contributed by atoms with Gasteiger partial charge in [0.2, 0.25) is 10.0 Å². The van der Waals surface area contributed by atoms with E-state index >= 15 is 0 Å². The number of carbonyl (C=O) groups excluding carboxylic acids is 1. The Bertz CT molecular complexity index is 1580. The van der Waals surface area contributed by atoms with E-state index in [0.29, 0.717) is 17.2 Å². The molecule has 4 rings (SSSR count). The Kier molecular flexibility index (Phi) is 9.42. The van der Waals surface area contributed by atoms with E-state index in [2.05, 4.69) is 15.1 Å². The van der Waals surface area contributed by atoms with Crippen molar-refractivity contribution in [2.45, 2.75) is 25.2 Å². The van der Waals surface area contributed by atoms with Crippen LogP contribution in [0.1, 0.15) is 22.5 Å². The predicted molar refractivity (Wildman–Crippen MR) is 158 cm³/mol. The number of hydrogen-bond donors (Lipinski definition) is 1. The number of aromatic nitrogens is 1. The molecule has 1 aromatic heterocycles. The molecule has 0 aliphatic heterocycles. The fraction of sp³-hybridized carbons (Fsp3) is 0.200. The number of carbonyl (C=O) groups is 1. The first-order valence-electron chi connectivity index (χ1n) is 12.6. The Morgan fingerprint density at radius 2 is 1.70 bits per heavy atom. The fourth-order valence-corrected chi connectivity index (χ4v) is 5.88. The zero-order valence-electron chi connectivity index (χ0n) is 22.5. The molecule has 0 unspecified atom stereocenters. The second-order valence-corrected chi connectivity index (χ2v) is 11.6. The average molecular weight is 579 g/mol. The van der Waals surface area contributed by atoms with Crippen molar-refractivity contribution in [3.63, 3.8) is 0 Å². The van der Waals surface area contributed by atoms with Crippen LogP contribution in [-0.2, 0) is 21.2 Å². The number of rotatable bonds is 11. The summed E-state index contributed by atoms with van der Waals surface area (Å²) in [7, 11) is -2.45. The lowest BCUT2D eigenvalue weighted by Gasteiger charge is -2.21. The number of hydrogen-bond acceptors (Lipinski definition) is 5. The molecule has 0 aliphatic rings. The molecular formula is C30H31ClN4O4S. The molecule has 10 heteroatoms. The number of halogens is 1. The molecule has 208 valence electrons. The highest BCUT2D eigenvalue weighted by atomic mass is 35.5. The molecule has 3 aromatic carbocycles. The van der Waals surface area contributed by atoms with E-state index in [1.165, 1.54) is 23.5 Å². The van der Waals surface area contributed by atoms with Crippen LogP contribution in [0, 0.1) is 13.8 Å². The van der Waals surface area contributed by atoms with Gasteiger partial charge in [-0.15, -0.1) is 0 Å². The van der Waals surface area contributed by atoms with Crippen molar-refractivity contribution < 1.29 is 17.9 Å². The molecule has 0 fully saturated rings. The number of aryl methyl sites for hydroxylation is 1. The van der Waals surface area contributed by atoms with Gasteiger partial charge in [-0.3, -0.25) is 4.79 Å². The number of nitrogens with zero attached hydrogens (tertiary/aromatic N) is 3. The summed E-state index contributed by atoms with van der Waals surface area (Å²) in [5.41, 5.74) is 7.15. The van der Waals surface area contributed by atoms with Gasteiger partial charge in [0.15, 0.2) is 0 Å². The maximum Gasteiger partial charge on any atom is 0.255 e. The largest absolute Gasteiger partial charge is 0.497 e. The van der Waals surface area contributed by atoms with Crippen molar-refractivity contribution in [1.29, 1.82) is 0 Å². The van der Waals surface area contributed by atoms with E-state index in [1.807, 2.05) is 74.5 Å². The summed E-state index contributed by atoms with van der Waals surface area (Å²) in [6, 6.07) is 25.1. The average Bonchev–Trinajstić information content (AvgIpc) is 3.24. The minimum absolute atomic E-state index is 0.0762. The van der Waals surface area contributed by atoms with Crippen molar-refractivity contribution in [2.24, 2.45) is 5.10 Å².